The van der Waals surface area contributed by atoms with Crippen molar-refractivity contribution in [3.05, 3.63) is 47.5 Å². The number of nitrogens with two attached hydrogens (primary N) is 1. The van der Waals surface area contributed by atoms with Gasteiger partial charge >= 0.3 is 0 Å². The van der Waals surface area contributed by atoms with Crippen LogP contribution in [0.1, 0.15) is 11.1 Å². The lowest BCUT2D eigenvalue weighted by Crippen LogP contribution is -2.63. The molecule has 4 heteroatoms. The zero-order valence-electron chi connectivity index (χ0n) is 14.9. The molecule has 0 aromatic heterocycles. The highest BCUT2D eigenvalue weighted by atomic mass is 28.3. The molecule has 0 saturated heterocycles. The van der Waals surface area contributed by atoms with Crippen LogP contribution in [0, 0.1) is 0 Å². The minimum absolute atomic E-state index is 0.914. The van der Waals surface area contributed by atoms with Crippen LogP contribution in [-0.2, 0) is 0 Å². The fourth-order valence-corrected chi connectivity index (χ4v) is 6.51. The molecule has 0 aliphatic carbocycles. The van der Waals surface area contributed by atoms with Crippen molar-refractivity contribution in [3.8, 4) is 0 Å². The van der Waals surface area contributed by atoms with Gasteiger partial charge in [-0.2, -0.15) is 0 Å². The summed E-state index contributed by atoms with van der Waals surface area (Å²) in [7, 11) is 6.57. The standard InChI is InChI=1S/C19H25N3Si/c1-21(2)13-7-9-15-17(11-13)23(5,6)18-12-14(22(3)4)8-10-16(18)19(15)20/h7-12,20H,1-6H3/p+1. The highest BCUT2D eigenvalue weighted by Crippen LogP contribution is 2.24. The van der Waals surface area contributed by atoms with Gasteiger partial charge < -0.3 is 9.80 Å². The second kappa shape index (κ2) is 5.23. The highest BCUT2D eigenvalue weighted by molar-refractivity contribution is 7.02. The first kappa shape index (κ1) is 15.8. The number of anilines is 2. The molecule has 0 amide bonds. The summed E-state index contributed by atoms with van der Waals surface area (Å²) < 4.78 is 0. The van der Waals surface area contributed by atoms with Crippen LogP contribution in [-0.4, -0.2) is 42.0 Å². The van der Waals surface area contributed by atoms with Gasteiger partial charge in [0, 0.05) is 50.7 Å². The molecule has 0 radical (unpaired) electrons. The second-order valence-electron chi connectivity index (χ2n) is 7.29. The molecular formula is C19H26N3Si+. The topological polar surface area (TPSA) is 32.1 Å². The van der Waals surface area contributed by atoms with Crippen LogP contribution < -0.4 is 25.6 Å². The van der Waals surface area contributed by atoms with Gasteiger partial charge in [0.05, 0.1) is 0 Å². The summed E-state index contributed by atoms with van der Waals surface area (Å²) in [5, 5.41) is 9.41. The number of hydrogen-bond acceptors (Lipinski definition) is 2. The quantitative estimate of drug-likeness (QED) is 0.818. The van der Waals surface area contributed by atoms with Crippen molar-refractivity contribution in [2.24, 2.45) is 0 Å². The third kappa shape index (κ3) is 2.38. The molecule has 2 N–H and O–H groups in total. The molecule has 2 aromatic carbocycles. The number of rotatable bonds is 2. The molecule has 2 aromatic rings. The number of fused-ring (bicyclic) bond motifs is 2. The predicted molar refractivity (Wildman–Crippen MR) is 103 cm³/mol. The molecule has 0 bridgehead atoms. The largest absolute Gasteiger partial charge is 0.378 e. The maximum Gasteiger partial charge on any atom is 0.211 e. The lowest BCUT2D eigenvalue weighted by Gasteiger charge is -2.33. The molecule has 0 saturated carbocycles. The summed E-state index contributed by atoms with van der Waals surface area (Å²) in [6, 6.07) is 13.4. The van der Waals surface area contributed by atoms with Crippen molar-refractivity contribution in [1.82, 2.24) is 0 Å². The molecule has 23 heavy (non-hydrogen) atoms. The van der Waals surface area contributed by atoms with E-state index in [1.54, 1.807) is 0 Å². The van der Waals surface area contributed by atoms with Crippen LogP contribution in [0.3, 0.4) is 0 Å². The summed E-state index contributed by atoms with van der Waals surface area (Å²) in [5.41, 5.74) is 5.83. The van der Waals surface area contributed by atoms with Gasteiger partial charge in [-0.25, -0.2) is 0 Å². The smallest absolute Gasteiger partial charge is 0.211 e. The Morgan fingerprint density at radius 1 is 0.739 bits per heavy atom. The van der Waals surface area contributed by atoms with E-state index in [-0.39, 0.29) is 0 Å². The SMILES string of the molecule is CN(C)c1ccc2c(c1)[Si](C)(C)c1cc(N(C)C)ccc1C2=[NH2+]. The van der Waals surface area contributed by atoms with Gasteiger partial charge in [-0.3, -0.25) is 5.41 Å². The van der Waals surface area contributed by atoms with E-state index in [0.717, 1.165) is 5.71 Å². The zero-order valence-corrected chi connectivity index (χ0v) is 15.9. The lowest BCUT2D eigenvalue weighted by atomic mass is 10.0. The van der Waals surface area contributed by atoms with Crippen molar-refractivity contribution in [2.75, 3.05) is 38.0 Å². The van der Waals surface area contributed by atoms with Crippen molar-refractivity contribution < 1.29 is 5.41 Å². The van der Waals surface area contributed by atoms with Crippen molar-refractivity contribution in [1.29, 1.82) is 0 Å². The molecule has 0 spiro atoms. The summed E-state index contributed by atoms with van der Waals surface area (Å²) in [6.45, 7) is 4.85. The van der Waals surface area contributed by atoms with Crippen LogP contribution in [0.15, 0.2) is 36.4 Å². The lowest BCUT2D eigenvalue weighted by molar-refractivity contribution is -0.111. The summed E-state index contributed by atoms with van der Waals surface area (Å²) in [5.74, 6) is 0. The molecular weight excluding hydrogens is 298 g/mol. The van der Waals surface area contributed by atoms with Gasteiger partial charge in [0.2, 0.25) is 5.71 Å². The molecule has 0 fully saturated rings. The van der Waals surface area contributed by atoms with E-state index in [2.05, 4.69) is 87.5 Å². The summed E-state index contributed by atoms with van der Waals surface area (Å²) >= 11 is 0. The van der Waals surface area contributed by atoms with E-state index >= 15 is 0 Å². The average molecular weight is 325 g/mol. The fraction of sp³-hybridized carbons (Fsp3) is 0.316. The Labute approximate surface area is 140 Å². The molecule has 120 valence electrons. The Morgan fingerprint density at radius 3 is 1.48 bits per heavy atom. The van der Waals surface area contributed by atoms with E-state index < -0.39 is 8.07 Å². The normalized spacial score (nSPS) is 15.0. The molecule has 3 nitrogen and oxygen atoms in total. The van der Waals surface area contributed by atoms with E-state index in [9.17, 15) is 0 Å². The van der Waals surface area contributed by atoms with Gasteiger partial charge in [0.25, 0.3) is 0 Å². The van der Waals surface area contributed by atoms with Gasteiger partial charge in [0.1, 0.15) is 8.07 Å². The summed E-state index contributed by atoms with van der Waals surface area (Å²) in [4.78, 5) is 4.32. The highest BCUT2D eigenvalue weighted by Gasteiger charge is 2.39. The number of hydrogen-bond donors (Lipinski definition) is 1. The Morgan fingerprint density at radius 2 is 1.13 bits per heavy atom. The maximum absolute atomic E-state index is 6.54. The average Bonchev–Trinajstić information content (AvgIpc) is 2.51. The van der Waals surface area contributed by atoms with E-state index in [0.29, 0.717) is 0 Å². The van der Waals surface area contributed by atoms with Gasteiger partial charge in [-0.15, -0.1) is 0 Å². The van der Waals surface area contributed by atoms with E-state index in [4.69, 9.17) is 5.41 Å². The minimum atomic E-state index is -1.78. The molecule has 0 atom stereocenters. The van der Waals surface area contributed by atoms with Crippen LogP contribution in [0.25, 0.3) is 0 Å². The molecule has 3 rings (SSSR count). The monoisotopic (exact) mass is 324 g/mol. The maximum atomic E-state index is 6.54. The van der Waals surface area contributed by atoms with Gasteiger partial charge in [-0.1, -0.05) is 13.1 Å². The van der Waals surface area contributed by atoms with Gasteiger partial charge in [0.15, 0.2) is 0 Å². The third-order valence-corrected chi connectivity index (χ3v) is 8.49. The van der Waals surface area contributed by atoms with Crippen LogP contribution >= 0.6 is 0 Å². The third-order valence-electron chi connectivity index (χ3n) is 4.97. The Hall–Kier alpha value is -2.07. The first-order valence-electron chi connectivity index (χ1n) is 8.00. The zero-order chi connectivity index (χ0) is 16.9. The second-order valence-corrected chi connectivity index (χ2v) is 11.6. The van der Waals surface area contributed by atoms with E-state index in [1.165, 1.54) is 32.9 Å². The van der Waals surface area contributed by atoms with Crippen molar-refractivity contribution >= 4 is 35.5 Å². The number of benzene rings is 2. The fourth-order valence-electron chi connectivity index (χ4n) is 3.41. The summed E-state index contributed by atoms with van der Waals surface area (Å²) in [6.07, 6.45) is 0. The first-order chi connectivity index (χ1) is 10.7. The first-order valence-corrected chi connectivity index (χ1v) is 11.0. The van der Waals surface area contributed by atoms with Gasteiger partial charge in [-0.05, 0) is 46.8 Å². The molecule has 1 heterocycles. The Bertz CT molecular complexity index is 728. The van der Waals surface area contributed by atoms with Crippen molar-refractivity contribution in [3.63, 3.8) is 0 Å². The molecule has 1 aliphatic rings. The van der Waals surface area contributed by atoms with Crippen LogP contribution in [0.4, 0.5) is 11.4 Å². The van der Waals surface area contributed by atoms with Crippen molar-refractivity contribution in [2.45, 2.75) is 13.1 Å². The predicted octanol–water partition coefficient (Wildman–Crippen LogP) is 0.551. The Balaban J connectivity index is 2.26. The number of nitrogens with zero attached hydrogens (tertiary/aromatic N) is 2. The minimum Gasteiger partial charge on any atom is -0.378 e. The van der Waals surface area contributed by atoms with Crippen LogP contribution in [0.5, 0.6) is 0 Å². The Kier molecular flexibility index (Phi) is 3.60. The molecule has 0 unspecified atom stereocenters. The van der Waals surface area contributed by atoms with E-state index in [1.807, 2.05) is 0 Å². The van der Waals surface area contributed by atoms with Crippen LogP contribution in [0.2, 0.25) is 13.1 Å². The molecule has 1 aliphatic heterocycles.